The molecule has 3 unspecified atom stereocenters. The van der Waals surface area contributed by atoms with Crippen LogP contribution in [0.5, 0.6) is 5.75 Å². The normalized spacial score (nSPS) is 30.6. The topological polar surface area (TPSA) is 35.2 Å². The van der Waals surface area contributed by atoms with Crippen molar-refractivity contribution < 1.29 is 4.74 Å². The van der Waals surface area contributed by atoms with Gasteiger partial charge in [-0.05, 0) is 55.6 Å². The molecule has 0 saturated heterocycles. The molecule has 3 rings (SSSR count). The summed E-state index contributed by atoms with van der Waals surface area (Å²) in [4.78, 5) is 0. The van der Waals surface area contributed by atoms with Gasteiger partial charge in [0.15, 0.2) is 0 Å². The number of hydrogen-bond donors (Lipinski definition) is 1. The van der Waals surface area contributed by atoms with Crippen LogP contribution in [-0.2, 0) is 0 Å². The molecule has 2 heteroatoms. The van der Waals surface area contributed by atoms with Gasteiger partial charge in [0, 0.05) is 11.6 Å². The second-order valence-corrected chi connectivity index (χ2v) is 6.35. The van der Waals surface area contributed by atoms with Crippen molar-refractivity contribution in [2.75, 3.05) is 7.11 Å². The second kappa shape index (κ2) is 4.82. The van der Waals surface area contributed by atoms with Gasteiger partial charge >= 0.3 is 0 Å². The van der Waals surface area contributed by atoms with Crippen LogP contribution >= 0.6 is 0 Å². The van der Waals surface area contributed by atoms with Crippen LogP contribution in [0.3, 0.4) is 0 Å². The molecule has 2 nitrogen and oxygen atoms in total. The van der Waals surface area contributed by atoms with E-state index in [0.29, 0.717) is 5.92 Å². The fraction of sp³-hybridized carbons (Fsp3) is 0.647. The summed E-state index contributed by atoms with van der Waals surface area (Å²) in [5.74, 6) is 3.47. The van der Waals surface area contributed by atoms with E-state index >= 15 is 0 Å². The van der Waals surface area contributed by atoms with E-state index in [1.54, 1.807) is 7.11 Å². The van der Waals surface area contributed by atoms with Crippen molar-refractivity contribution in [3.8, 4) is 5.75 Å². The second-order valence-electron chi connectivity index (χ2n) is 6.35. The molecule has 0 heterocycles. The molecular formula is C17H25NO. The van der Waals surface area contributed by atoms with E-state index in [2.05, 4.69) is 26.0 Å². The molecule has 2 fully saturated rings. The Kier molecular flexibility index (Phi) is 3.30. The highest BCUT2D eigenvalue weighted by atomic mass is 16.5. The minimum atomic E-state index is 0.155. The van der Waals surface area contributed by atoms with Crippen molar-refractivity contribution in [2.24, 2.45) is 23.5 Å². The van der Waals surface area contributed by atoms with E-state index in [4.69, 9.17) is 10.5 Å². The zero-order chi connectivity index (χ0) is 13.6. The lowest BCUT2D eigenvalue weighted by Gasteiger charge is -2.19. The van der Waals surface area contributed by atoms with Gasteiger partial charge in [-0.1, -0.05) is 25.0 Å². The van der Waals surface area contributed by atoms with Gasteiger partial charge < -0.3 is 10.5 Å². The Morgan fingerprint density at radius 1 is 1.16 bits per heavy atom. The SMILES string of the molecule is COc1c(C(N)C2C3CCCCC32)ccc(C)c1C. The van der Waals surface area contributed by atoms with E-state index in [-0.39, 0.29) is 6.04 Å². The van der Waals surface area contributed by atoms with Crippen LogP contribution in [-0.4, -0.2) is 7.11 Å². The Morgan fingerprint density at radius 2 is 1.79 bits per heavy atom. The molecular weight excluding hydrogens is 234 g/mol. The molecule has 0 aliphatic heterocycles. The first kappa shape index (κ1) is 13.0. The Hall–Kier alpha value is -1.02. The van der Waals surface area contributed by atoms with Crippen LogP contribution in [0.15, 0.2) is 12.1 Å². The molecule has 0 radical (unpaired) electrons. The first-order chi connectivity index (χ1) is 9.15. The molecule has 0 aromatic heterocycles. The molecule has 2 N–H and O–H groups in total. The first-order valence-electron chi connectivity index (χ1n) is 7.54. The van der Waals surface area contributed by atoms with E-state index in [9.17, 15) is 0 Å². The number of hydrogen-bond acceptors (Lipinski definition) is 2. The molecule has 0 bridgehead atoms. The number of ether oxygens (including phenoxy) is 1. The maximum atomic E-state index is 6.58. The van der Waals surface area contributed by atoms with Gasteiger partial charge in [0.25, 0.3) is 0 Å². The standard InChI is InChI=1S/C17H25NO/c1-10-8-9-14(17(19-3)11(10)2)16(18)15-12-6-4-5-7-13(12)15/h8-9,12-13,15-16H,4-7,18H2,1-3H3. The average molecular weight is 259 g/mol. The van der Waals surface area contributed by atoms with Gasteiger partial charge in [0.05, 0.1) is 7.11 Å². The van der Waals surface area contributed by atoms with E-state index in [0.717, 1.165) is 17.6 Å². The zero-order valence-electron chi connectivity index (χ0n) is 12.3. The maximum absolute atomic E-state index is 6.58. The summed E-state index contributed by atoms with van der Waals surface area (Å²) in [7, 11) is 1.76. The molecule has 2 aliphatic rings. The Labute approximate surface area is 116 Å². The van der Waals surface area contributed by atoms with Crippen molar-refractivity contribution in [3.05, 3.63) is 28.8 Å². The quantitative estimate of drug-likeness (QED) is 0.897. The number of nitrogens with two attached hydrogens (primary N) is 1. The van der Waals surface area contributed by atoms with Crippen LogP contribution in [0, 0.1) is 31.6 Å². The summed E-state index contributed by atoms with van der Waals surface area (Å²) in [6.07, 6.45) is 5.56. The van der Waals surface area contributed by atoms with Gasteiger partial charge in [-0.25, -0.2) is 0 Å². The third-order valence-corrected chi connectivity index (χ3v) is 5.41. The Bertz CT molecular complexity index is 470. The van der Waals surface area contributed by atoms with Gasteiger partial charge in [-0.15, -0.1) is 0 Å². The molecule has 1 aromatic rings. The van der Waals surface area contributed by atoms with E-state index in [1.165, 1.54) is 42.4 Å². The van der Waals surface area contributed by atoms with Crippen LogP contribution in [0.2, 0.25) is 0 Å². The molecule has 0 amide bonds. The summed E-state index contributed by atoms with van der Waals surface area (Å²) in [5.41, 5.74) is 10.3. The van der Waals surface area contributed by atoms with Crippen molar-refractivity contribution in [3.63, 3.8) is 0 Å². The van der Waals surface area contributed by atoms with Crippen LogP contribution in [0.25, 0.3) is 0 Å². The van der Waals surface area contributed by atoms with Crippen LogP contribution in [0.4, 0.5) is 0 Å². The smallest absolute Gasteiger partial charge is 0.126 e. The van der Waals surface area contributed by atoms with Gasteiger partial charge in [0.1, 0.15) is 5.75 Å². The average Bonchev–Trinajstić information content (AvgIpc) is 3.15. The summed E-state index contributed by atoms with van der Waals surface area (Å²) in [5, 5.41) is 0. The number of aryl methyl sites for hydroxylation is 1. The monoisotopic (exact) mass is 259 g/mol. The highest BCUT2D eigenvalue weighted by Gasteiger charge is 2.53. The predicted molar refractivity (Wildman–Crippen MR) is 78.3 cm³/mol. The Balaban J connectivity index is 1.88. The summed E-state index contributed by atoms with van der Waals surface area (Å²) < 4.78 is 5.63. The molecule has 2 saturated carbocycles. The van der Waals surface area contributed by atoms with Gasteiger partial charge in [-0.2, -0.15) is 0 Å². The molecule has 19 heavy (non-hydrogen) atoms. The summed E-state index contributed by atoms with van der Waals surface area (Å²) in [6, 6.07) is 4.51. The molecule has 1 aromatic carbocycles. The van der Waals surface area contributed by atoms with Crippen molar-refractivity contribution in [2.45, 2.75) is 45.6 Å². The van der Waals surface area contributed by atoms with Crippen molar-refractivity contribution in [1.29, 1.82) is 0 Å². The highest BCUT2D eigenvalue weighted by Crippen LogP contribution is 2.60. The summed E-state index contributed by atoms with van der Waals surface area (Å²) >= 11 is 0. The van der Waals surface area contributed by atoms with Gasteiger partial charge in [-0.3, -0.25) is 0 Å². The fourth-order valence-electron chi connectivity index (χ4n) is 4.13. The number of methoxy groups -OCH3 is 1. The molecule has 104 valence electrons. The molecule has 3 atom stereocenters. The van der Waals surface area contributed by atoms with E-state index in [1.807, 2.05) is 0 Å². The van der Waals surface area contributed by atoms with Crippen molar-refractivity contribution >= 4 is 0 Å². The van der Waals surface area contributed by atoms with Crippen LogP contribution < -0.4 is 10.5 Å². The lowest BCUT2D eigenvalue weighted by molar-refractivity contribution is 0.397. The van der Waals surface area contributed by atoms with E-state index < -0.39 is 0 Å². The first-order valence-corrected chi connectivity index (χ1v) is 7.54. The fourth-order valence-corrected chi connectivity index (χ4v) is 4.13. The third kappa shape index (κ3) is 2.06. The lowest BCUT2D eigenvalue weighted by Crippen LogP contribution is -2.16. The zero-order valence-corrected chi connectivity index (χ0v) is 12.3. The highest BCUT2D eigenvalue weighted by molar-refractivity contribution is 5.47. The lowest BCUT2D eigenvalue weighted by atomic mass is 9.95. The van der Waals surface area contributed by atoms with Gasteiger partial charge in [0.2, 0.25) is 0 Å². The number of benzene rings is 1. The largest absolute Gasteiger partial charge is 0.496 e. The molecule has 2 aliphatic carbocycles. The molecule has 0 spiro atoms. The number of fused-ring (bicyclic) bond motifs is 1. The summed E-state index contributed by atoms with van der Waals surface area (Å²) in [6.45, 7) is 4.26. The number of rotatable bonds is 3. The minimum Gasteiger partial charge on any atom is -0.496 e. The van der Waals surface area contributed by atoms with Crippen LogP contribution in [0.1, 0.15) is 48.4 Å². The maximum Gasteiger partial charge on any atom is 0.126 e. The minimum absolute atomic E-state index is 0.155. The third-order valence-electron chi connectivity index (χ3n) is 5.41. The van der Waals surface area contributed by atoms with Crippen molar-refractivity contribution in [1.82, 2.24) is 0 Å². The Morgan fingerprint density at radius 3 is 2.37 bits per heavy atom. The predicted octanol–water partition coefficient (Wildman–Crippen LogP) is 3.75.